The van der Waals surface area contributed by atoms with Crippen molar-refractivity contribution in [1.82, 2.24) is 29.1 Å². The van der Waals surface area contributed by atoms with Crippen molar-refractivity contribution >= 4 is 34.7 Å². The third-order valence-electron chi connectivity index (χ3n) is 6.54. The number of carbonyl (C=O) groups excluding carboxylic acids is 1. The van der Waals surface area contributed by atoms with Crippen molar-refractivity contribution in [3.8, 4) is 0 Å². The SMILES string of the molecule is CC(C)n1cnc(Nc2nc(N3CC(C)(C)C[C@@]3(C)C(=O)Nc3ccc(F)nc3)nn3cccc23)c1. The summed E-state index contributed by atoms with van der Waals surface area (Å²) in [5.41, 5.74) is 0.0954. The lowest BCUT2D eigenvalue weighted by Crippen LogP contribution is -2.51. The van der Waals surface area contributed by atoms with Crippen LogP contribution >= 0.6 is 0 Å². The van der Waals surface area contributed by atoms with Gasteiger partial charge in [-0.15, -0.1) is 5.10 Å². The van der Waals surface area contributed by atoms with Crippen LogP contribution in [0.15, 0.2) is 49.2 Å². The Bertz CT molecular complexity index is 1410. The number of hydrogen-bond acceptors (Lipinski definition) is 7. The summed E-state index contributed by atoms with van der Waals surface area (Å²) < 4.78 is 17.0. The fourth-order valence-corrected chi connectivity index (χ4v) is 4.83. The average Bonchev–Trinajstić information content (AvgIpc) is 3.53. The topological polar surface area (TPSA) is 105 Å². The first-order valence-electron chi connectivity index (χ1n) is 11.9. The van der Waals surface area contributed by atoms with E-state index in [0.717, 1.165) is 5.52 Å². The Morgan fingerprint density at radius 2 is 1.97 bits per heavy atom. The molecule has 0 bridgehead atoms. The zero-order valence-electron chi connectivity index (χ0n) is 21.0. The minimum absolute atomic E-state index is 0.175. The third kappa shape index (κ3) is 4.36. The van der Waals surface area contributed by atoms with Gasteiger partial charge in [0.15, 0.2) is 5.82 Å². The van der Waals surface area contributed by atoms with E-state index in [1.165, 1.54) is 18.3 Å². The third-order valence-corrected chi connectivity index (χ3v) is 6.54. The van der Waals surface area contributed by atoms with Crippen molar-refractivity contribution in [1.29, 1.82) is 0 Å². The van der Waals surface area contributed by atoms with Crippen LogP contribution < -0.4 is 15.5 Å². The molecule has 1 atom stereocenters. The Kier molecular flexibility index (Phi) is 5.65. The normalized spacial score (nSPS) is 19.2. The summed E-state index contributed by atoms with van der Waals surface area (Å²) in [5.74, 6) is 0.846. The number of rotatable bonds is 6. The molecule has 36 heavy (non-hydrogen) atoms. The number of fused-ring (bicyclic) bond motifs is 1. The van der Waals surface area contributed by atoms with Gasteiger partial charge in [-0.25, -0.2) is 14.5 Å². The van der Waals surface area contributed by atoms with E-state index in [-0.39, 0.29) is 17.4 Å². The second kappa shape index (κ2) is 8.58. The van der Waals surface area contributed by atoms with Crippen LogP contribution in [0.3, 0.4) is 0 Å². The van der Waals surface area contributed by atoms with E-state index in [4.69, 9.17) is 10.1 Å². The Labute approximate surface area is 208 Å². The van der Waals surface area contributed by atoms with Crippen LogP contribution in [-0.2, 0) is 4.79 Å². The molecule has 1 saturated heterocycles. The van der Waals surface area contributed by atoms with Gasteiger partial charge in [0, 0.05) is 25.0 Å². The molecule has 5 rings (SSSR count). The number of anilines is 4. The van der Waals surface area contributed by atoms with Crippen molar-refractivity contribution in [2.45, 2.75) is 52.6 Å². The molecule has 5 heterocycles. The number of amides is 1. The number of hydrogen-bond donors (Lipinski definition) is 2. The zero-order chi connectivity index (χ0) is 25.7. The molecule has 4 aromatic heterocycles. The number of pyridine rings is 1. The quantitative estimate of drug-likeness (QED) is 0.385. The Hall–Kier alpha value is -4.02. The highest BCUT2D eigenvalue weighted by atomic mass is 19.1. The lowest BCUT2D eigenvalue weighted by atomic mass is 9.84. The Balaban J connectivity index is 1.51. The summed E-state index contributed by atoms with van der Waals surface area (Å²) in [4.78, 5) is 28.5. The first-order chi connectivity index (χ1) is 17.0. The van der Waals surface area contributed by atoms with E-state index in [1.54, 1.807) is 10.8 Å². The molecule has 10 nitrogen and oxygen atoms in total. The molecule has 1 aliphatic heterocycles. The molecule has 1 fully saturated rings. The van der Waals surface area contributed by atoms with Gasteiger partial charge in [0.1, 0.15) is 16.9 Å². The van der Waals surface area contributed by atoms with Gasteiger partial charge >= 0.3 is 0 Å². The summed E-state index contributed by atoms with van der Waals surface area (Å²) in [7, 11) is 0. The second-order valence-corrected chi connectivity index (χ2v) is 10.5. The predicted octanol–water partition coefficient (Wildman–Crippen LogP) is 4.42. The number of imidazole rings is 1. The number of aromatic nitrogens is 6. The molecule has 2 N–H and O–H groups in total. The number of halogens is 1. The van der Waals surface area contributed by atoms with Crippen LogP contribution in [0.5, 0.6) is 0 Å². The highest BCUT2D eigenvalue weighted by Crippen LogP contribution is 2.43. The molecular formula is C25H30FN9O. The van der Waals surface area contributed by atoms with E-state index < -0.39 is 11.5 Å². The molecule has 0 spiro atoms. The molecule has 1 amide bonds. The van der Waals surface area contributed by atoms with Crippen LogP contribution in [0.1, 0.15) is 47.1 Å². The zero-order valence-corrected chi connectivity index (χ0v) is 21.0. The molecule has 4 aromatic rings. The largest absolute Gasteiger partial charge is 0.333 e. The van der Waals surface area contributed by atoms with E-state index in [1.807, 2.05) is 40.9 Å². The predicted molar refractivity (Wildman–Crippen MR) is 136 cm³/mol. The minimum Gasteiger partial charge on any atom is -0.333 e. The van der Waals surface area contributed by atoms with E-state index >= 15 is 0 Å². The fraction of sp³-hybridized carbons (Fsp3) is 0.400. The second-order valence-electron chi connectivity index (χ2n) is 10.5. The monoisotopic (exact) mass is 491 g/mol. The first kappa shape index (κ1) is 23.7. The average molecular weight is 492 g/mol. The Morgan fingerprint density at radius 1 is 1.17 bits per heavy atom. The summed E-state index contributed by atoms with van der Waals surface area (Å²) in [6.07, 6.45) is 7.44. The van der Waals surface area contributed by atoms with Gasteiger partial charge in [-0.2, -0.15) is 9.37 Å². The van der Waals surface area contributed by atoms with Gasteiger partial charge < -0.3 is 20.1 Å². The van der Waals surface area contributed by atoms with Crippen LogP contribution in [-0.4, -0.2) is 47.1 Å². The molecule has 0 aliphatic carbocycles. The molecule has 0 aromatic carbocycles. The van der Waals surface area contributed by atoms with Crippen molar-refractivity contribution in [3.05, 3.63) is 55.1 Å². The van der Waals surface area contributed by atoms with Crippen LogP contribution in [0.4, 0.5) is 27.7 Å². The molecule has 188 valence electrons. The van der Waals surface area contributed by atoms with Crippen LogP contribution in [0.25, 0.3) is 5.52 Å². The van der Waals surface area contributed by atoms with Crippen LogP contribution in [0.2, 0.25) is 0 Å². The molecule has 0 unspecified atom stereocenters. The van der Waals surface area contributed by atoms with Gasteiger partial charge in [-0.05, 0) is 56.9 Å². The lowest BCUT2D eigenvalue weighted by molar-refractivity contribution is -0.120. The van der Waals surface area contributed by atoms with E-state index in [0.29, 0.717) is 36.2 Å². The minimum atomic E-state index is -0.949. The van der Waals surface area contributed by atoms with E-state index in [2.05, 4.69) is 48.3 Å². The maximum atomic E-state index is 13.6. The van der Waals surface area contributed by atoms with Gasteiger partial charge in [0.05, 0.1) is 18.2 Å². The van der Waals surface area contributed by atoms with E-state index in [9.17, 15) is 9.18 Å². The highest BCUT2D eigenvalue weighted by Gasteiger charge is 2.52. The Morgan fingerprint density at radius 3 is 2.67 bits per heavy atom. The van der Waals surface area contributed by atoms with Crippen molar-refractivity contribution < 1.29 is 9.18 Å². The van der Waals surface area contributed by atoms with Crippen molar-refractivity contribution in [2.75, 3.05) is 22.1 Å². The molecule has 0 radical (unpaired) electrons. The van der Waals surface area contributed by atoms with Gasteiger partial charge in [0.2, 0.25) is 17.8 Å². The van der Waals surface area contributed by atoms with Crippen molar-refractivity contribution in [3.63, 3.8) is 0 Å². The number of nitrogens with one attached hydrogen (secondary N) is 2. The fourth-order valence-electron chi connectivity index (χ4n) is 4.83. The molecule has 0 saturated carbocycles. The molecule has 1 aliphatic rings. The number of nitrogens with zero attached hydrogens (tertiary/aromatic N) is 7. The lowest BCUT2D eigenvalue weighted by Gasteiger charge is -2.33. The van der Waals surface area contributed by atoms with Crippen LogP contribution in [0, 0.1) is 11.4 Å². The van der Waals surface area contributed by atoms with Gasteiger partial charge in [-0.3, -0.25) is 4.79 Å². The molecule has 11 heteroatoms. The standard InChI is InChI=1S/C25H30FN9O/c1-16(2)33-12-20(28-15-33)30-21-18-7-6-10-35(18)32-23(31-21)34-14-24(3,4)13-25(34,5)22(36)29-17-8-9-19(26)27-11-17/h6-12,15-16H,13-14H2,1-5H3,(H,29,36)(H,30,31,32)/t25-/m0/s1. The molecular weight excluding hydrogens is 461 g/mol. The maximum absolute atomic E-state index is 13.6. The smallest absolute Gasteiger partial charge is 0.250 e. The first-order valence-corrected chi connectivity index (χ1v) is 11.9. The summed E-state index contributed by atoms with van der Waals surface area (Å²) in [5, 5.41) is 10.9. The highest BCUT2D eigenvalue weighted by molar-refractivity contribution is 6.00. The number of carbonyl (C=O) groups is 1. The van der Waals surface area contributed by atoms with Gasteiger partial charge in [-0.1, -0.05) is 13.8 Å². The van der Waals surface area contributed by atoms with Gasteiger partial charge in [0.25, 0.3) is 0 Å². The van der Waals surface area contributed by atoms with Crippen molar-refractivity contribution in [2.24, 2.45) is 5.41 Å². The maximum Gasteiger partial charge on any atom is 0.250 e. The summed E-state index contributed by atoms with van der Waals surface area (Å²) >= 11 is 0. The summed E-state index contributed by atoms with van der Waals surface area (Å²) in [6.45, 7) is 10.9. The summed E-state index contributed by atoms with van der Waals surface area (Å²) in [6, 6.07) is 6.81.